The molecule has 0 rings (SSSR count). The minimum atomic E-state index is -3.13. The molecule has 0 spiro atoms. The second-order valence-electron chi connectivity index (χ2n) is 0.990. The molecule has 0 saturated heterocycles. The van der Waals surface area contributed by atoms with Crippen molar-refractivity contribution in [3.05, 3.63) is 0 Å². The van der Waals surface area contributed by atoms with E-state index in [-0.39, 0.29) is 0 Å². The van der Waals surface area contributed by atoms with Gasteiger partial charge in [-0.15, -0.1) is 5.79 Å². The lowest BCUT2D eigenvalue weighted by Gasteiger charge is -1.61. The highest BCUT2D eigenvalue weighted by Gasteiger charge is 1.61. The van der Waals surface area contributed by atoms with E-state index in [1.165, 1.54) is 22.7 Å². The lowest BCUT2D eigenvalue weighted by molar-refractivity contribution is 0.405. The molecule has 0 bridgehead atoms. The second kappa shape index (κ2) is 23.4. The Bertz CT molecular complexity index is 47.1. The van der Waals surface area contributed by atoms with Crippen molar-refractivity contribution >= 4 is 24.5 Å². The monoisotopic (exact) mass is 170 g/mol. The zero-order chi connectivity index (χ0) is 8.28. The van der Waals surface area contributed by atoms with Gasteiger partial charge in [0.1, 0.15) is 0 Å². The minimum Gasteiger partial charge on any atom is -0.326 e. The van der Waals surface area contributed by atoms with Gasteiger partial charge in [-0.25, -0.2) is 0 Å². The first-order valence-electron chi connectivity index (χ1n) is 3.07. The molecule has 0 heterocycles. The molecule has 0 amide bonds. The van der Waals surface area contributed by atoms with Crippen molar-refractivity contribution in [2.75, 3.05) is 0 Å². The smallest absolute Gasteiger partial charge is 0.314 e. The fourth-order valence-corrected chi connectivity index (χ4v) is 0. The molecule has 0 aliphatic heterocycles. The molecular formula is C4H16AlO3P. The molecule has 0 unspecified atom stereocenters. The molecule has 2 N–H and O–H groups in total. The zero-order valence-electron chi connectivity index (χ0n) is 6.51. The zero-order valence-corrected chi connectivity index (χ0v) is 9.51. The van der Waals surface area contributed by atoms with Crippen LogP contribution in [0.25, 0.3) is 0 Å². The number of hydrogen-bond acceptors (Lipinski definition) is 1. The maximum atomic E-state index is 8.74. The number of rotatable bonds is 0. The summed E-state index contributed by atoms with van der Waals surface area (Å²) in [4.78, 5) is 14.3. The summed E-state index contributed by atoms with van der Waals surface area (Å²) in [6.45, 7) is 4.25. The molecule has 0 fully saturated rings. The molecule has 58 valence electrons. The third kappa shape index (κ3) is 832. The average Bonchev–Trinajstić information content (AvgIpc) is 1.71. The number of hydrogen-bond donors (Lipinski definition) is 2. The Kier molecular flexibility index (Phi) is 42.4. The highest BCUT2D eigenvalue weighted by Crippen LogP contribution is 1.98. The lowest BCUT2D eigenvalue weighted by Crippen LogP contribution is -1.38. The Hall–Kier alpha value is 0.682. The van der Waals surface area contributed by atoms with Gasteiger partial charge < -0.3 is 9.79 Å². The molecular weight excluding hydrogens is 154 g/mol. The molecule has 0 radical (unpaired) electrons. The van der Waals surface area contributed by atoms with E-state index in [0.717, 1.165) is 0 Å². The molecule has 5 heteroatoms. The van der Waals surface area contributed by atoms with E-state index in [4.69, 9.17) is 14.4 Å². The summed E-state index contributed by atoms with van der Waals surface area (Å²) >= 11 is 1.31. The summed E-state index contributed by atoms with van der Waals surface area (Å²) in [7, 11) is -3.13. The van der Waals surface area contributed by atoms with Crippen molar-refractivity contribution < 1.29 is 14.4 Å². The quantitative estimate of drug-likeness (QED) is 0.409. The van der Waals surface area contributed by atoms with Gasteiger partial charge in [0, 0.05) is 0 Å². The van der Waals surface area contributed by atoms with Crippen LogP contribution in [-0.4, -0.2) is 26.1 Å². The largest absolute Gasteiger partial charge is 0.326 e. The Labute approximate surface area is 65.5 Å². The Morgan fingerprint density at radius 1 is 1.33 bits per heavy atom. The highest BCUT2D eigenvalue weighted by molar-refractivity contribution is 7.30. The molecule has 0 aromatic carbocycles. The first-order valence-corrected chi connectivity index (χ1v) is 6.37. The fraction of sp³-hybridized carbons (Fsp3) is 1.00. The van der Waals surface area contributed by atoms with E-state index in [2.05, 4.69) is 19.6 Å². The van der Waals surface area contributed by atoms with E-state index in [9.17, 15) is 0 Å². The molecule has 3 nitrogen and oxygen atoms in total. The molecule has 0 aliphatic rings. The van der Waals surface area contributed by atoms with Crippen molar-refractivity contribution in [3.8, 4) is 0 Å². The Morgan fingerprint density at radius 3 is 1.33 bits per heavy atom. The van der Waals surface area contributed by atoms with Crippen LogP contribution in [0.3, 0.4) is 0 Å². The Morgan fingerprint density at radius 2 is 1.33 bits per heavy atom. The third-order valence-electron chi connectivity index (χ3n) is 0. The molecule has 9 heavy (non-hydrogen) atoms. The van der Waals surface area contributed by atoms with Crippen LogP contribution in [0.15, 0.2) is 0 Å². The molecule has 0 aliphatic carbocycles. The maximum Gasteiger partial charge on any atom is 0.314 e. The standard InChI is InChI=1S/C3H8.CH3.Al.H3O3P.2H/c1-3-2;;;1-4(2)3;;/h3H2,1-2H3;1H3;;4H,(H2,1,2,3);;. The van der Waals surface area contributed by atoms with Crippen LogP contribution in [0.2, 0.25) is 5.79 Å². The summed E-state index contributed by atoms with van der Waals surface area (Å²) in [5.41, 5.74) is 0. The predicted octanol–water partition coefficient (Wildman–Crippen LogP) is 0.445. The van der Waals surface area contributed by atoms with Crippen LogP contribution in [0.5, 0.6) is 0 Å². The van der Waals surface area contributed by atoms with Gasteiger partial charge in [0.15, 0.2) is 0 Å². The fourth-order valence-electron chi connectivity index (χ4n) is 0. The van der Waals surface area contributed by atoms with Crippen molar-refractivity contribution in [1.82, 2.24) is 0 Å². The molecule has 0 aromatic heterocycles. The van der Waals surface area contributed by atoms with Gasteiger partial charge >= 0.3 is 8.25 Å². The van der Waals surface area contributed by atoms with Gasteiger partial charge in [0.25, 0.3) is 0 Å². The van der Waals surface area contributed by atoms with Crippen LogP contribution in [0.4, 0.5) is 0 Å². The van der Waals surface area contributed by atoms with E-state index in [0.29, 0.717) is 0 Å². The normalized spacial score (nSPS) is 6.44. The topological polar surface area (TPSA) is 57.5 Å². The van der Waals surface area contributed by atoms with Crippen molar-refractivity contribution in [3.63, 3.8) is 0 Å². The van der Waals surface area contributed by atoms with Gasteiger partial charge in [-0.05, 0) is 0 Å². The van der Waals surface area contributed by atoms with E-state index in [1.807, 2.05) is 0 Å². The average molecular weight is 170 g/mol. The van der Waals surface area contributed by atoms with E-state index >= 15 is 0 Å². The third-order valence-corrected chi connectivity index (χ3v) is 0. The van der Waals surface area contributed by atoms with Crippen LogP contribution in [0.1, 0.15) is 20.3 Å². The van der Waals surface area contributed by atoms with Gasteiger partial charge in [-0.1, -0.05) is 20.3 Å². The molecule has 0 saturated carbocycles. The Balaban J connectivity index is -0.0000000646. The van der Waals surface area contributed by atoms with Gasteiger partial charge in [-0.2, -0.15) is 0 Å². The van der Waals surface area contributed by atoms with Crippen LogP contribution in [0, 0.1) is 0 Å². The van der Waals surface area contributed by atoms with Crippen LogP contribution < -0.4 is 0 Å². The van der Waals surface area contributed by atoms with Crippen molar-refractivity contribution in [2.24, 2.45) is 0 Å². The first-order chi connectivity index (χ1) is 4.15. The van der Waals surface area contributed by atoms with Crippen molar-refractivity contribution in [1.29, 1.82) is 0 Å². The molecule has 0 atom stereocenters. The SMILES string of the molecule is CCC.O=[PH](O)O.[CH3][AlH2]. The van der Waals surface area contributed by atoms with E-state index in [1.54, 1.807) is 0 Å². The van der Waals surface area contributed by atoms with Gasteiger partial charge in [0.2, 0.25) is 16.3 Å². The molecule has 0 aromatic rings. The minimum absolute atomic E-state index is 1.25. The lowest BCUT2D eigenvalue weighted by atomic mass is 10.6. The first kappa shape index (κ1) is 16.3. The summed E-state index contributed by atoms with van der Waals surface area (Å²) in [5, 5.41) is 0. The van der Waals surface area contributed by atoms with E-state index < -0.39 is 8.25 Å². The summed E-state index contributed by atoms with van der Waals surface area (Å²) in [6, 6.07) is 0. The summed E-state index contributed by atoms with van der Waals surface area (Å²) in [6.07, 6.45) is 1.25. The van der Waals surface area contributed by atoms with Crippen molar-refractivity contribution in [2.45, 2.75) is 26.1 Å². The van der Waals surface area contributed by atoms with Gasteiger partial charge in [-0.3, -0.25) is 4.57 Å². The predicted molar refractivity (Wildman–Crippen MR) is 43.8 cm³/mol. The summed E-state index contributed by atoms with van der Waals surface area (Å²) in [5.74, 6) is 2.14. The van der Waals surface area contributed by atoms with Crippen LogP contribution in [-0.2, 0) is 4.57 Å². The van der Waals surface area contributed by atoms with Crippen LogP contribution >= 0.6 is 8.25 Å². The maximum absolute atomic E-state index is 8.74. The summed E-state index contributed by atoms with van der Waals surface area (Å²) < 4.78 is 8.74. The highest BCUT2D eigenvalue weighted by atomic mass is 31.1. The van der Waals surface area contributed by atoms with Gasteiger partial charge in [0.05, 0.1) is 0 Å². The second-order valence-corrected chi connectivity index (χ2v) is 1.55.